The topological polar surface area (TPSA) is 63.8 Å². The fraction of sp³-hybridized carbons (Fsp3) is 0.222. The molecule has 78 valence electrons. The number of rotatable bonds is 3. The van der Waals surface area contributed by atoms with E-state index in [1.54, 1.807) is 19.3 Å². The van der Waals surface area contributed by atoms with E-state index in [4.69, 9.17) is 4.52 Å². The molecule has 2 aromatic rings. The average molecular weight is 269 g/mol. The molecule has 0 bridgehead atoms. The Balaban J connectivity index is 2.02. The Morgan fingerprint density at radius 1 is 1.53 bits per heavy atom. The van der Waals surface area contributed by atoms with Crippen molar-refractivity contribution in [3.05, 3.63) is 34.6 Å². The fourth-order valence-electron chi connectivity index (χ4n) is 1.10. The summed E-state index contributed by atoms with van der Waals surface area (Å²) in [5.41, 5.74) is 0.945. The molecule has 6 heteroatoms. The Hall–Kier alpha value is -1.43. The lowest BCUT2D eigenvalue weighted by Crippen LogP contribution is -2.00. The van der Waals surface area contributed by atoms with E-state index in [1.807, 2.05) is 6.07 Å². The first-order chi connectivity index (χ1) is 7.25. The molecule has 0 aliphatic rings. The first-order valence-electron chi connectivity index (χ1n) is 4.38. The van der Waals surface area contributed by atoms with Crippen LogP contribution in [0.3, 0.4) is 0 Å². The molecular formula is C9H9BrN4O. The lowest BCUT2D eigenvalue weighted by molar-refractivity contribution is 0.379. The number of halogens is 1. The van der Waals surface area contributed by atoms with Gasteiger partial charge in [0.2, 0.25) is 5.89 Å². The molecule has 0 aromatic carbocycles. The number of aryl methyl sites for hydroxylation is 1. The van der Waals surface area contributed by atoms with Gasteiger partial charge < -0.3 is 9.84 Å². The second-order valence-electron chi connectivity index (χ2n) is 2.94. The maximum Gasteiger partial charge on any atom is 0.245 e. The highest BCUT2D eigenvalue weighted by molar-refractivity contribution is 9.10. The van der Waals surface area contributed by atoms with E-state index in [2.05, 4.69) is 36.4 Å². The third-order valence-electron chi connectivity index (χ3n) is 1.77. The van der Waals surface area contributed by atoms with Crippen LogP contribution < -0.4 is 5.32 Å². The molecular weight excluding hydrogens is 260 g/mol. The van der Waals surface area contributed by atoms with Crippen molar-refractivity contribution in [2.45, 2.75) is 13.5 Å². The van der Waals surface area contributed by atoms with Crippen molar-refractivity contribution in [3.63, 3.8) is 0 Å². The molecule has 0 atom stereocenters. The summed E-state index contributed by atoms with van der Waals surface area (Å²) in [6, 6.07) is 1.87. The first-order valence-corrected chi connectivity index (χ1v) is 5.17. The van der Waals surface area contributed by atoms with Crippen LogP contribution in [-0.2, 0) is 6.54 Å². The van der Waals surface area contributed by atoms with Crippen LogP contribution >= 0.6 is 15.9 Å². The van der Waals surface area contributed by atoms with Crippen molar-refractivity contribution in [2.75, 3.05) is 5.32 Å². The van der Waals surface area contributed by atoms with Gasteiger partial charge in [-0.05, 0) is 28.9 Å². The Kier molecular flexibility index (Phi) is 2.96. The molecule has 0 unspecified atom stereocenters. The molecule has 0 aliphatic heterocycles. The molecule has 1 N–H and O–H groups in total. The lowest BCUT2D eigenvalue weighted by atomic mass is 10.4. The fourth-order valence-corrected chi connectivity index (χ4v) is 1.49. The zero-order chi connectivity index (χ0) is 10.7. The highest BCUT2D eigenvalue weighted by atomic mass is 79.9. The minimum atomic E-state index is 0.503. The molecule has 2 rings (SSSR count). The smallest absolute Gasteiger partial charge is 0.245 e. The predicted octanol–water partition coefficient (Wildman–Crippen LogP) is 2.15. The quantitative estimate of drug-likeness (QED) is 0.924. The normalized spacial score (nSPS) is 10.3. The summed E-state index contributed by atoms with van der Waals surface area (Å²) in [5.74, 6) is 1.21. The van der Waals surface area contributed by atoms with Crippen LogP contribution in [-0.4, -0.2) is 15.1 Å². The van der Waals surface area contributed by atoms with Crippen molar-refractivity contribution >= 4 is 21.6 Å². The lowest BCUT2D eigenvalue weighted by Gasteiger charge is -2.04. The van der Waals surface area contributed by atoms with Gasteiger partial charge in [-0.2, -0.15) is 4.98 Å². The van der Waals surface area contributed by atoms with Gasteiger partial charge in [-0.3, -0.25) is 4.98 Å². The highest BCUT2D eigenvalue weighted by Gasteiger charge is 2.03. The number of nitrogens with one attached hydrogen (secondary N) is 1. The van der Waals surface area contributed by atoms with Gasteiger partial charge in [0.1, 0.15) is 0 Å². The number of nitrogens with zero attached hydrogens (tertiary/aromatic N) is 3. The summed E-state index contributed by atoms with van der Waals surface area (Å²) < 4.78 is 5.88. The van der Waals surface area contributed by atoms with Gasteiger partial charge in [-0.25, -0.2) is 0 Å². The molecule has 15 heavy (non-hydrogen) atoms. The largest absolute Gasteiger partial charge is 0.375 e. The number of hydrogen-bond acceptors (Lipinski definition) is 5. The van der Waals surface area contributed by atoms with E-state index >= 15 is 0 Å². The van der Waals surface area contributed by atoms with E-state index in [-0.39, 0.29) is 0 Å². The Labute approximate surface area is 95.0 Å². The Morgan fingerprint density at radius 3 is 3.07 bits per heavy atom. The van der Waals surface area contributed by atoms with Crippen LogP contribution in [0.2, 0.25) is 0 Å². The minimum absolute atomic E-state index is 0.503. The molecule has 2 aromatic heterocycles. The Morgan fingerprint density at radius 2 is 2.40 bits per heavy atom. The van der Waals surface area contributed by atoms with E-state index in [0.29, 0.717) is 18.3 Å². The monoisotopic (exact) mass is 268 g/mol. The third kappa shape index (κ3) is 2.53. The van der Waals surface area contributed by atoms with Crippen molar-refractivity contribution < 1.29 is 4.52 Å². The molecule has 5 nitrogen and oxygen atoms in total. The summed E-state index contributed by atoms with van der Waals surface area (Å²) >= 11 is 3.38. The van der Waals surface area contributed by atoms with Crippen LogP contribution in [0.1, 0.15) is 11.7 Å². The molecule has 0 fully saturated rings. The standard InChI is InChI=1S/C9H9BrN4O/c1-6-13-9(15-14-6)5-12-8-2-3-11-4-7(8)10/h2-4H,5H2,1H3,(H,11,12). The highest BCUT2D eigenvalue weighted by Crippen LogP contribution is 2.20. The number of hydrogen-bond donors (Lipinski definition) is 1. The first kappa shape index (κ1) is 10.1. The van der Waals surface area contributed by atoms with Gasteiger partial charge in [0, 0.05) is 12.4 Å². The predicted molar refractivity (Wildman–Crippen MR) is 58.3 cm³/mol. The van der Waals surface area contributed by atoms with Crippen molar-refractivity contribution in [1.82, 2.24) is 15.1 Å². The SMILES string of the molecule is Cc1noc(CNc2ccncc2Br)n1. The average Bonchev–Trinajstić information content (AvgIpc) is 2.63. The van der Waals surface area contributed by atoms with E-state index < -0.39 is 0 Å². The van der Waals surface area contributed by atoms with Gasteiger partial charge in [-0.1, -0.05) is 5.16 Å². The third-order valence-corrected chi connectivity index (χ3v) is 2.40. The van der Waals surface area contributed by atoms with Crippen molar-refractivity contribution in [2.24, 2.45) is 0 Å². The minimum Gasteiger partial charge on any atom is -0.375 e. The maximum absolute atomic E-state index is 4.97. The van der Waals surface area contributed by atoms with Crippen LogP contribution in [0.5, 0.6) is 0 Å². The van der Waals surface area contributed by atoms with Crippen LogP contribution in [0, 0.1) is 6.92 Å². The van der Waals surface area contributed by atoms with Gasteiger partial charge in [0.05, 0.1) is 16.7 Å². The van der Waals surface area contributed by atoms with Gasteiger partial charge >= 0.3 is 0 Å². The maximum atomic E-state index is 4.97. The van der Waals surface area contributed by atoms with Gasteiger partial charge in [0.15, 0.2) is 5.82 Å². The van der Waals surface area contributed by atoms with E-state index in [1.165, 1.54) is 0 Å². The van der Waals surface area contributed by atoms with Crippen molar-refractivity contribution in [3.8, 4) is 0 Å². The van der Waals surface area contributed by atoms with Gasteiger partial charge in [-0.15, -0.1) is 0 Å². The zero-order valence-corrected chi connectivity index (χ0v) is 9.65. The van der Waals surface area contributed by atoms with Crippen LogP contribution in [0.15, 0.2) is 27.5 Å². The molecule has 0 saturated heterocycles. The second kappa shape index (κ2) is 4.39. The van der Waals surface area contributed by atoms with Crippen LogP contribution in [0.25, 0.3) is 0 Å². The summed E-state index contributed by atoms with van der Waals surface area (Å²) in [7, 11) is 0. The Bertz CT molecular complexity index is 457. The zero-order valence-electron chi connectivity index (χ0n) is 8.07. The number of anilines is 1. The van der Waals surface area contributed by atoms with Crippen molar-refractivity contribution in [1.29, 1.82) is 0 Å². The van der Waals surface area contributed by atoms with E-state index in [0.717, 1.165) is 10.2 Å². The molecule has 0 spiro atoms. The number of aromatic nitrogens is 3. The molecule has 0 saturated carbocycles. The summed E-state index contributed by atoms with van der Waals surface area (Å²) in [4.78, 5) is 8.05. The summed E-state index contributed by atoms with van der Waals surface area (Å²) in [5, 5.41) is 6.86. The second-order valence-corrected chi connectivity index (χ2v) is 3.80. The van der Waals surface area contributed by atoms with Gasteiger partial charge in [0.25, 0.3) is 0 Å². The summed E-state index contributed by atoms with van der Waals surface area (Å²) in [6.45, 7) is 2.29. The molecule has 2 heterocycles. The molecule has 0 amide bonds. The molecule has 0 radical (unpaired) electrons. The number of pyridine rings is 1. The van der Waals surface area contributed by atoms with E-state index in [9.17, 15) is 0 Å². The summed E-state index contributed by atoms with van der Waals surface area (Å²) in [6.07, 6.45) is 3.44. The van der Waals surface area contributed by atoms with Crippen LogP contribution in [0.4, 0.5) is 5.69 Å². The molecule has 0 aliphatic carbocycles.